The Kier molecular flexibility index (Phi) is 5.78. The second-order valence-electron chi connectivity index (χ2n) is 0.659. The van der Waals surface area contributed by atoms with Crippen molar-refractivity contribution in [2.75, 3.05) is 5.75 Å². The standard InChI is InChI=1S/C3H6BrNS/c1-2-6-3-5-4/h6H,2H2,1H3. The number of nitrogens with zero attached hydrogens (tertiary/aromatic N) is 1. The Hall–Kier alpha value is 0.410. The van der Waals surface area contributed by atoms with Crippen molar-refractivity contribution < 1.29 is 0 Å². The van der Waals surface area contributed by atoms with E-state index in [-0.39, 0.29) is 0 Å². The molecule has 36 valence electrons. The summed E-state index contributed by atoms with van der Waals surface area (Å²) < 4.78 is 3.48. The maximum atomic E-state index is 3.48. The zero-order valence-corrected chi connectivity index (χ0v) is 5.96. The average molecular weight is 168 g/mol. The number of hydrogen-bond acceptors (Lipinski definition) is 1. The van der Waals surface area contributed by atoms with Crippen molar-refractivity contribution in [1.29, 1.82) is 0 Å². The summed E-state index contributed by atoms with van der Waals surface area (Å²) >= 11 is 4.01. The Labute approximate surface area is 49.8 Å². The molecule has 0 rings (SSSR count). The van der Waals surface area contributed by atoms with Gasteiger partial charge >= 0.3 is 0 Å². The third-order valence-corrected chi connectivity index (χ3v) is 1.28. The first-order valence-electron chi connectivity index (χ1n) is 1.64. The third kappa shape index (κ3) is 4.41. The summed E-state index contributed by atoms with van der Waals surface area (Å²) in [5.74, 6) is 1.09. The molecule has 0 atom stereocenters. The summed E-state index contributed by atoms with van der Waals surface area (Å²) in [7, 11) is 0. The molecule has 0 saturated carbocycles. The van der Waals surface area contributed by atoms with Crippen LogP contribution in [0.4, 0.5) is 0 Å². The van der Waals surface area contributed by atoms with Crippen LogP contribution in [0, 0.1) is 0 Å². The molecular formula is C3H6BrNS. The fourth-order valence-corrected chi connectivity index (χ4v) is 0.629. The van der Waals surface area contributed by atoms with Crippen LogP contribution in [0.1, 0.15) is 6.92 Å². The van der Waals surface area contributed by atoms with E-state index in [1.807, 2.05) is 0 Å². The van der Waals surface area contributed by atoms with Gasteiger partial charge in [0.25, 0.3) is 0 Å². The van der Waals surface area contributed by atoms with Gasteiger partial charge in [0.1, 0.15) is 0 Å². The summed E-state index contributed by atoms with van der Waals surface area (Å²) in [6.45, 7) is 2.08. The summed E-state index contributed by atoms with van der Waals surface area (Å²) in [6.07, 6.45) is 0. The highest BCUT2D eigenvalue weighted by molar-refractivity contribution is 9.08. The summed E-state index contributed by atoms with van der Waals surface area (Å²) in [5, 5.41) is 2.71. The Morgan fingerprint density at radius 2 is 2.67 bits per heavy atom. The van der Waals surface area contributed by atoms with Crippen LogP contribution in [0.3, 0.4) is 0 Å². The molecule has 1 nitrogen and oxygen atoms in total. The highest BCUT2D eigenvalue weighted by Crippen LogP contribution is 1.80. The first-order valence-corrected chi connectivity index (χ1v) is 3.43. The smallest absolute Gasteiger partial charge is 0.0855 e. The van der Waals surface area contributed by atoms with Gasteiger partial charge in [-0.05, 0) is 5.75 Å². The van der Waals surface area contributed by atoms with E-state index in [2.05, 4.69) is 32.3 Å². The van der Waals surface area contributed by atoms with E-state index in [9.17, 15) is 0 Å². The Morgan fingerprint density at radius 1 is 2.00 bits per heavy atom. The van der Waals surface area contributed by atoms with E-state index in [0.29, 0.717) is 0 Å². The highest BCUT2D eigenvalue weighted by atomic mass is 79.9. The number of hydrogen-bond donors (Lipinski definition) is 1. The molecule has 0 aliphatic rings. The van der Waals surface area contributed by atoms with E-state index in [4.69, 9.17) is 0 Å². The van der Waals surface area contributed by atoms with Gasteiger partial charge in [0, 0.05) is 5.16 Å². The lowest BCUT2D eigenvalue weighted by molar-refractivity contribution is 1.54. The Morgan fingerprint density at radius 3 is 2.83 bits per heavy atom. The Bertz CT molecular complexity index is 74.9. The van der Waals surface area contributed by atoms with Gasteiger partial charge in [0.15, 0.2) is 0 Å². The highest BCUT2D eigenvalue weighted by Gasteiger charge is 1.51. The second kappa shape index (κ2) is 5.41. The molecule has 0 N–H and O–H groups in total. The minimum atomic E-state index is 1.09. The van der Waals surface area contributed by atoms with Crippen LogP contribution in [-0.4, -0.2) is 10.9 Å². The minimum absolute atomic E-state index is 1.09. The monoisotopic (exact) mass is 167 g/mol. The molecule has 0 aromatic rings. The number of thiol groups is 1. The van der Waals surface area contributed by atoms with E-state index >= 15 is 0 Å². The van der Waals surface area contributed by atoms with Gasteiger partial charge in [0.2, 0.25) is 0 Å². The van der Waals surface area contributed by atoms with Crippen molar-refractivity contribution in [3.05, 3.63) is 0 Å². The molecule has 0 radical (unpaired) electrons. The molecule has 0 spiro atoms. The molecule has 3 heteroatoms. The van der Waals surface area contributed by atoms with Gasteiger partial charge < -0.3 is 0 Å². The van der Waals surface area contributed by atoms with E-state index < -0.39 is 0 Å². The molecule has 6 heavy (non-hydrogen) atoms. The van der Waals surface area contributed by atoms with Crippen LogP contribution in [0.5, 0.6) is 0 Å². The molecule has 0 amide bonds. The maximum Gasteiger partial charge on any atom is 0.0855 e. The largest absolute Gasteiger partial charge is 0.158 e. The SMILES string of the molecule is CC[SH]=C=NBr. The minimum Gasteiger partial charge on any atom is -0.158 e. The third-order valence-electron chi connectivity index (χ3n) is 0.267. The van der Waals surface area contributed by atoms with Crippen molar-refractivity contribution >= 4 is 32.7 Å². The molecule has 0 heterocycles. The molecule has 0 aromatic heterocycles. The molecular weight excluding hydrogens is 162 g/mol. The zero-order valence-electron chi connectivity index (χ0n) is 3.48. The average Bonchev–Trinajstić information content (AvgIpc) is 1.61. The van der Waals surface area contributed by atoms with E-state index in [0.717, 1.165) is 17.1 Å². The first-order chi connectivity index (χ1) is 2.91. The molecule has 0 aromatic carbocycles. The van der Waals surface area contributed by atoms with Crippen LogP contribution in [0.25, 0.3) is 0 Å². The lowest BCUT2D eigenvalue weighted by Crippen LogP contribution is -1.48. The van der Waals surface area contributed by atoms with Crippen molar-refractivity contribution in [3.63, 3.8) is 0 Å². The summed E-state index contributed by atoms with van der Waals surface area (Å²) in [6, 6.07) is 0. The van der Waals surface area contributed by atoms with Gasteiger partial charge in [-0.15, -0.1) is 11.4 Å². The van der Waals surface area contributed by atoms with Gasteiger partial charge in [-0.25, -0.2) is 0 Å². The second-order valence-corrected chi connectivity index (χ2v) is 2.16. The summed E-state index contributed by atoms with van der Waals surface area (Å²) in [4.78, 5) is 0. The van der Waals surface area contributed by atoms with Crippen LogP contribution >= 0.6 is 27.5 Å². The van der Waals surface area contributed by atoms with Crippen LogP contribution < -0.4 is 0 Å². The van der Waals surface area contributed by atoms with Crippen LogP contribution in [0.2, 0.25) is 0 Å². The molecule has 0 aliphatic heterocycles. The molecule has 0 saturated heterocycles. The fourth-order valence-electron chi connectivity index (χ4n) is 0.0974. The van der Waals surface area contributed by atoms with Gasteiger partial charge in [-0.2, -0.15) is 4.02 Å². The van der Waals surface area contributed by atoms with Gasteiger partial charge in [-0.3, -0.25) is 0 Å². The van der Waals surface area contributed by atoms with Crippen molar-refractivity contribution in [1.82, 2.24) is 0 Å². The van der Waals surface area contributed by atoms with E-state index in [1.165, 1.54) is 0 Å². The first kappa shape index (κ1) is 6.41. The van der Waals surface area contributed by atoms with Crippen molar-refractivity contribution in [3.8, 4) is 0 Å². The normalized spacial score (nSPS) is 7.00. The summed E-state index contributed by atoms with van der Waals surface area (Å²) in [5.41, 5.74) is 0. The maximum absolute atomic E-state index is 3.48. The molecule has 0 aliphatic carbocycles. The quantitative estimate of drug-likeness (QED) is 0.347. The Balaban J connectivity index is 3.18. The van der Waals surface area contributed by atoms with Crippen LogP contribution in [-0.2, 0) is 0 Å². The van der Waals surface area contributed by atoms with Crippen molar-refractivity contribution in [2.24, 2.45) is 4.02 Å². The molecule has 0 fully saturated rings. The molecule has 0 bridgehead atoms. The number of halogens is 1. The number of isothiocyanates is 1. The predicted molar refractivity (Wildman–Crippen MR) is 35.9 cm³/mol. The van der Waals surface area contributed by atoms with Crippen molar-refractivity contribution in [2.45, 2.75) is 6.92 Å². The van der Waals surface area contributed by atoms with Crippen LogP contribution in [0.15, 0.2) is 4.02 Å². The lowest BCUT2D eigenvalue weighted by atomic mass is 11.0. The van der Waals surface area contributed by atoms with Gasteiger partial charge in [0.05, 0.1) is 16.1 Å². The molecule has 0 unspecified atom stereocenters. The zero-order chi connectivity index (χ0) is 4.83. The topological polar surface area (TPSA) is 12.4 Å². The predicted octanol–water partition coefficient (Wildman–Crippen LogP) is 1.69. The van der Waals surface area contributed by atoms with E-state index in [1.54, 1.807) is 0 Å². The number of rotatable bonds is 1. The van der Waals surface area contributed by atoms with Gasteiger partial charge in [-0.1, -0.05) is 6.92 Å². The lowest BCUT2D eigenvalue weighted by Gasteiger charge is -1.62. The fraction of sp³-hybridized carbons (Fsp3) is 0.667.